The summed E-state index contributed by atoms with van der Waals surface area (Å²) in [6.07, 6.45) is 21.4. The summed E-state index contributed by atoms with van der Waals surface area (Å²) in [6, 6.07) is 0. The molecule has 3 heteroatoms. The Balaban J connectivity index is 3.19. The van der Waals surface area contributed by atoms with Crippen LogP contribution in [0, 0.1) is 0 Å². The molecule has 0 spiro atoms. The van der Waals surface area contributed by atoms with E-state index in [2.05, 4.69) is 13.8 Å². The summed E-state index contributed by atoms with van der Waals surface area (Å²) >= 11 is 0. The third kappa shape index (κ3) is 19.8. The van der Waals surface area contributed by atoms with Gasteiger partial charge in [-0.05, 0) is 12.8 Å². The lowest BCUT2D eigenvalue weighted by Crippen LogP contribution is -2.18. The highest BCUT2D eigenvalue weighted by molar-refractivity contribution is 5.69. The number of rotatable bonds is 20. The number of aliphatic hydroxyl groups excluding tert-OH is 1. The van der Waals surface area contributed by atoms with Gasteiger partial charge in [-0.1, -0.05) is 110 Å². The molecule has 0 aliphatic rings. The van der Waals surface area contributed by atoms with Crippen molar-refractivity contribution in [1.82, 2.24) is 0 Å². The third-order valence-electron chi connectivity index (χ3n) is 5.06. The van der Waals surface area contributed by atoms with Crippen molar-refractivity contribution in [2.45, 2.75) is 136 Å². The summed E-state index contributed by atoms with van der Waals surface area (Å²) in [4.78, 5) is 11.4. The lowest BCUT2D eigenvalue weighted by atomic mass is 10.0. The van der Waals surface area contributed by atoms with Crippen molar-refractivity contribution in [2.75, 3.05) is 6.61 Å². The molecule has 0 heterocycles. The Morgan fingerprint density at radius 2 is 1.12 bits per heavy atom. The first kappa shape index (κ1) is 25.4. The fourth-order valence-electron chi connectivity index (χ4n) is 3.24. The van der Waals surface area contributed by atoms with Crippen LogP contribution in [0.15, 0.2) is 0 Å². The highest BCUT2D eigenvalue weighted by Gasteiger charge is 2.08. The maximum Gasteiger partial charge on any atom is 0.305 e. The number of esters is 1. The predicted octanol–water partition coefficient (Wildman–Crippen LogP) is 6.95. The molecule has 3 nitrogen and oxygen atoms in total. The molecule has 0 aromatic carbocycles. The molecule has 0 unspecified atom stereocenters. The second-order valence-corrected chi connectivity index (χ2v) is 7.83. The summed E-state index contributed by atoms with van der Waals surface area (Å²) in [7, 11) is 0. The SMILES string of the molecule is CCCCCCCCCCCCCCCC[C@H](O)COC(=O)CCCC. The minimum absolute atomic E-state index is 0.168. The molecule has 0 radical (unpaired) electrons. The van der Waals surface area contributed by atoms with Crippen LogP contribution in [-0.2, 0) is 9.53 Å². The van der Waals surface area contributed by atoms with E-state index < -0.39 is 6.10 Å². The topological polar surface area (TPSA) is 46.5 Å². The van der Waals surface area contributed by atoms with E-state index in [0.717, 1.165) is 25.7 Å². The molecule has 0 aromatic rings. The van der Waals surface area contributed by atoms with Crippen LogP contribution in [0.1, 0.15) is 129 Å². The first-order chi connectivity index (χ1) is 12.7. The van der Waals surface area contributed by atoms with Crippen molar-refractivity contribution in [2.24, 2.45) is 0 Å². The first-order valence-electron chi connectivity index (χ1n) is 11.5. The van der Waals surface area contributed by atoms with Crippen LogP contribution in [-0.4, -0.2) is 23.8 Å². The standard InChI is InChI=1S/C23H46O3/c1-3-5-7-8-9-10-11-12-13-14-15-16-17-18-19-22(24)21-26-23(25)20-6-4-2/h22,24H,3-21H2,1-2H3/t22-/m0/s1. The normalized spacial score (nSPS) is 12.3. The van der Waals surface area contributed by atoms with Gasteiger partial charge >= 0.3 is 5.97 Å². The van der Waals surface area contributed by atoms with E-state index in [0.29, 0.717) is 6.42 Å². The number of unbranched alkanes of at least 4 members (excludes halogenated alkanes) is 14. The highest BCUT2D eigenvalue weighted by atomic mass is 16.5. The minimum Gasteiger partial charge on any atom is -0.463 e. The Bertz CT molecular complexity index is 291. The van der Waals surface area contributed by atoms with Gasteiger partial charge in [0.05, 0.1) is 6.10 Å². The van der Waals surface area contributed by atoms with Crippen molar-refractivity contribution >= 4 is 5.97 Å². The van der Waals surface area contributed by atoms with Gasteiger partial charge in [-0.3, -0.25) is 4.79 Å². The van der Waals surface area contributed by atoms with Crippen molar-refractivity contribution < 1.29 is 14.6 Å². The highest BCUT2D eigenvalue weighted by Crippen LogP contribution is 2.13. The van der Waals surface area contributed by atoms with Crippen molar-refractivity contribution in [1.29, 1.82) is 0 Å². The lowest BCUT2D eigenvalue weighted by molar-refractivity contribution is -0.146. The van der Waals surface area contributed by atoms with Crippen molar-refractivity contribution in [3.8, 4) is 0 Å². The molecule has 0 saturated carbocycles. The number of carbonyl (C=O) groups excluding carboxylic acids is 1. The van der Waals surface area contributed by atoms with E-state index in [4.69, 9.17) is 4.74 Å². The number of carbonyl (C=O) groups is 1. The molecular formula is C23H46O3. The molecule has 0 aliphatic carbocycles. The Morgan fingerprint density at radius 3 is 1.58 bits per heavy atom. The molecule has 0 fully saturated rings. The van der Waals surface area contributed by atoms with Gasteiger partial charge in [0, 0.05) is 6.42 Å². The van der Waals surface area contributed by atoms with Crippen LogP contribution in [0.2, 0.25) is 0 Å². The summed E-state index contributed by atoms with van der Waals surface area (Å²) < 4.78 is 5.09. The van der Waals surface area contributed by atoms with Gasteiger partial charge in [0.25, 0.3) is 0 Å². The van der Waals surface area contributed by atoms with E-state index in [1.165, 1.54) is 83.5 Å². The Hall–Kier alpha value is -0.570. The van der Waals surface area contributed by atoms with E-state index >= 15 is 0 Å². The molecule has 0 aliphatic heterocycles. The quantitative estimate of drug-likeness (QED) is 0.186. The second kappa shape index (κ2) is 20.7. The maximum absolute atomic E-state index is 11.4. The molecule has 1 N–H and O–H groups in total. The minimum atomic E-state index is -0.488. The molecule has 0 amide bonds. The van der Waals surface area contributed by atoms with Gasteiger partial charge in [0.15, 0.2) is 0 Å². The van der Waals surface area contributed by atoms with Crippen LogP contribution in [0.5, 0.6) is 0 Å². The Morgan fingerprint density at radius 1 is 0.692 bits per heavy atom. The number of hydrogen-bond acceptors (Lipinski definition) is 3. The van der Waals surface area contributed by atoms with E-state index in [1.54, 1.807) is 0 Å². The molecule has 0 aromatic heterocycles. The molecule has 0 rings (SSSR count). The molecule has 0 bridgehead atoms. The van der Waals surface area contributed by atoms with Crippen molar-refractivity contribution in [3.63, 3.8) is 0 Å². The fraction of sp³-hybridized carbons (Fsp3) is 0.957. The number of ether oxygens (including phenoxy) is 1. The number of hydrogen-bond donors (Lipinski definition) is 1. The zero-order valence-corrected chi connectivity index (χ0v) is 17.8. The van der Waals surface area contributed by atoms with E-state index in [1.807, 2.05) is 0 Å². The summed E-state index contributed by atoms with van der Waals surface area (Å²) in [5.74, 6) is -0.174. The zero-order chi connectivity index (χ0) is 19.3. The van der Waals surface area contributed by atoms with E-state index in [-0.39, 0.29) is 12.6 Å². The number of aliphatic hydroxyl groups is 1. The van der Waals surface area contributed by atoms with Crippen LogP contribution in [0.25, 0.3) is 0 Å². The summed E-state index contributed by atoms with van der Waals surface area (Å²) in [5.41, 5.74) is 0. The fourth-order valence-corrected chi connectivity index (χ4v) is 3.24. The first-order valence-corrected chi connectivity index (χ1v) is 11.5. The van der Waals surface area contributed by atoms with Crippen LogP contribution in [0.4, 0.5) is 0 Å². The summed E-state index contributed by atoms with van der Waals surface area (Å²) in [6.45, 7) is 4.49. The van der Waals surface area contributed by atoms with Gasteiger partial charge in [0.1, 0.15) is 6.61 Å². The predicted molar refractivity (Wildman–Crippen MR) is 111 cm³/mol. The molecular weight excluding hydrogens is 324 g/mol. The molecule has 156 valence electrons. The largest absolute Gasteiger partial charge is 0.463 e. The molecule has 0 saturated heterocycles. The lowest BCUT2D eigenvalue weighted by Gasteiger charge is -2.11. The van der Waals surface area contributed by atoms with Gasteiger partial charge in [0.2, 0.25) is 0 Å². The van der Waals surface area contributed by atoms with Gasteiger partial charge in [-0.2, -0.15) is 0 Å². The average molecular weight is 371 g/mol. The van der Waals surface area contributed by atoms with Gasteiger partial charge in [-0.15, -0.1) is 0 Å². The zero-order valence-electron chi connectivity index (χ0n) is 17.8. The van der Waals surface area contributed by atoms with E-state index in [9.17, 15) is 9.90 Å². The molecule has 26 heavy (non-hydrogen) atoms. The Labute approximate surface area is 163 Å². The Kier molecular flexibility index (Phi) is 20.3. The van der Waals surface area contributed by atoms with Gasteiger partial charge < -0.3 is 9.84 Å². The van der Waals surface area contributed by atoms with Crippen LogP contribution < -0.4 is 0 Å². The van der Waals surface area contributed by atoms with Crippen LogP contribution >= 0.6 is 0 Å². The van der Waals surface area contributed by atoms with Crippen LogP contribution in [0.3, 0.4) is 0 Å². The second-order valence-electron chi connectivity index (χ2n) is 7.83. The average Bonchev–Trinajstić information content (AvgIpc) is 2.64. The maximum atomic E-state index is 11.4. The third-order valence-corrected chi connectivity index (χ3v) is 5.06. The van der Waals surface area contributed by atoms with Gasteiger partial charge in [-0.25, -0.2) is 0 Å². The summed E-state index contributed by atoms with van der Waals surface area (Å²) in [5, 5.41) is 9.84. The van der Waals surface area contributed by atoms with Crippen molar-refractivity contribution in [3.05, 3.63) is 0 Å². The molecule has 1 atom stereocenters. The smallest absolute Gasteiger partial charge is 0.305 e. The monoisotopic (exact) mass is 370 g/mol.